The minimum Gasteiger partial charge on any atom is -0.222 e. The number of nitriles is 1. The first-order chi connectivity index (χ1) is 7.00. The maximum absolute atomic E-state index is 12.0. The van der Waals surface area contributed by atoms with E-state index in [1.165, 1.54) is 12.1 Å². The molecule has 1 aromatic carbocycles. The summed E-state index contributed by atoms with van der Waals surface area (Å²) in [7, 11) is -3.51. The molecule has 3 nitrogen and oxygen atoms in total. The summed E-state index contributed by atoms with van der Waals surface area (Å²) in [5.41, 5.74) is 0. The lowest BCUT2D eigenvalue weighted by Gasteiger charge is -2.13. The van der Waals surface area contributed by atoms with Crippen molar-refractivity contribution in [3.63, 3.8) is 0 Å². The van der Waals surface area contributed by atoms with Crippen molar-refractivity contribution in [2.75, 3.05) is 0 Å². The lowest BCUT2D eigenvalue weighted by atomic mass is 10.1. The van der Waals surface area contributed by atoms with E-state index in [2.05, 4.69) is 0 Å². The highest BCUT2D eigenvalue weighted by atomic mass is 32.2. The van der Waals surface area contributed by atoms with E-state index in [0.717, 1.165) is 0 Å². The van der Waals surface area contributed by atoms with Gasteiger partial charge in [0.1, 0.15) is 0 Å². The zero-order chi connectivity index (χ0) is 11.5. The maximum atomic E-state index is 12.0. The first-order valence-corrected chi connectivity index (χ1v) is 6.23. The van der Waals surface area contributed by atoms with Crippen LogP contribution in [0.1, 0.15) is 13.8 Å². The molecule has 0 radical (unpaired) electrons. The summed E-state index contributed by atoms with van der Waals surface area (Å²) < 4.78 is 24.0. The summed E-state index contributed by atoms with van der Waals surface area (Å²) in [4.78, 5) is 0.213. The quantitative estimate of drug-likeness (QED) is 0.787. The summed E-state index contributed by atoms with van der Waals surface area (Å²) in [5, 5.41) is 7.89. The van der Waals surface area contributed by atoms with Crippen LogP contribution in [-0.4, -0.2) is 13.7 Å². The molecular formula is C11H13NO2S. The van der Waals surface area contributed by atoms with Crippen molar-refractivity contribution in [3.05, 3.63) is 30.3 Å². The molecule has 0 heterocycles. The van der Waals surface area contributed by atoms with Gasteiger partial charge in [0, 0.05) is 0 Å². The molecule has 1 atom stereocenters. The van der Waals surface area contributed by atoms with Gasteiger partial charge < -0.3 is 0 Å². The summed E-state index contributed by atoms with van der Waals surface area (Å²) in [6.45, 7) is 3.46. The third-order valence-corrected chi connectivity index (χ3v) is 4.39. The molecule has 0 bridgehead atoms. The number of hydrogen-bond acceptors (Lipinski definition) is 3. The van der Waals surface area contributed by atoms with Crippen LogP contribution < -0.4 is 0 Å². The van der Waals surface area contributed by atoms with Gasteiger partial charge in [-0.05, 0) is 18.1 Å². The minimum atomic E-state index is -3.51. The highest BCUT2D eigenvalue weighted by molar-refractivity contribution is 7.92. The molecule has 0 aliphatic carbocycles. The van der Waals surface area contributed by atoms with Crippen LogP contribution in [0.3, 0.4) is 0 Å². The summed E-state index contributed by atoms with van der Waals surface area (Å²) >= 11 is 0. The first-order valence-electron chi connectivity index (χ1n) is 4.68. The fraction of sp³-hybridized carbons (Fsp3) is 0.364. The van der Waals surface area contributed by atoms with Crippen molar-refractivity contribution in [1.82, 2.24) is 0 Å². The zero-order valence-electron chi connectivity index (χ0n) is 8.71. The molecule has 0 saturated heterocycles. The van der Waals surface area contributed by atoms with Crippen molar-refractivity contribution in [3.8, 4) is 6.07 Å². The van der Waals surface area contributed by atoms with E-state index in [1.807, 2.05) is 6.07 Å². The third-order valence-electron chi connectivity index (χ3n) is 2.14. The highest BCUT2D eigenvalue weighted by Crippen LogP contribution is 2.20. The van der Waals surface area contributed by atoms with Gasteiger partial charge in [0.2, 0.25) is 0 Å². The van der Waals surface area contributed by atoms with Gasteiger partial charge in [0.15, 0.2) is 15.1 Å². The lowest BCUT2D eigenvalue weighted by Crippen LogP contribution is -2.25. The van der Waals surface area contributed by atoms with Crippen LogP contribution in [0.25, 0.3) is 0 Å². The molecular weight excluding hydrogens is 210 g/mol. The number of nitrogens with zero attached hydrogens (tertiary/aromatic N) is 1. The van der Waals surface area contributed by atoms with E-state index >= 15 is 0 Å². The molecule has 1 unspecified atom stereocenters. The highest BCUT2D eigenvalue weighted by Gasteiger charge is 2.29. The van der Waals surface area contributed by atoms with Gasteiger partial charge in [0.05, 0.1) is 11.0 Å². The largest absolute Gasteiger partial charge is 0.222 e. The van der Waals surface area contributed by atoms with E-state index in [4.69, 9.17) is 5.26 Å². The van der Waals surface area contributed by atoms with Crippen LogP contribution in [0.5, 0.6) is 0 Å². The second-order valence-electron chi connectivity index (χ2n) is 3.65. The Morgan fingerprint density at radius 3 is 2.13 bits per heavy atom. The van der Waals surface area contributed by atoms with Crippen LogP contribution in [-0.2, 0) is 9.84 Å². The van der Waals surface area contributed by atoms with Crippen molar-refractivity contribution >= 4 is 9.84 Å². The molecule has 4 heteroatoms. The predicted octanol–water partition coefficient (Wildman–Crippen LogP) is 2.01. The smallest absolute Gasteiger partial charge is 0.194 e. The van der Waals surface area contributed by atoms with E-state index in [-0.39, 0.29) is 10.8 Å². The van der Waals surface area contributed by atoms with Gasteiger partial charge in [-0.15, -0.1) is 0 Å². The Labute approximate surface area is 90.3 Å². The Balaban J connectivity index is 3.20. The summed E-state index contributed by atoms with van der Waals surface area (Å²) in [5.74, 6) is -0.208. The molecule has 0 spiro atoms. The number of rotatable bonds is 3. The Hall–Kier alpha value is -1.34. The third kappa shape index (κ3) is 2.37. The predicted molar refractivity (Wildman–Crippen MR) is 57.9 cm³/mol. The number of benzene rings is 1. The van der Waals surface area contributed by atoms with Gasteiger partial charge >= 0.3 is 0 Å². The average molecular weight is 223 g/mol. The Morgan fingerprint density at radius 1 is 1.20 bits per heavy atom. The Bertz CT molecular complexity index is 457. The Morgan fingerprint density at radius 2 is 1.73 bits per heavy atom. The molecule has 1 aromatic rings. The molecule has 0 N–H and O–H groups in total. The van der Waals surface area contributed by atoms with Crippen LogP contribution in [0.2, 0.25) is 0 Å². The van der Waals surface area contributed by atoms with Crippen molar-refractivity contribution in [2.24, 2.45) is 5.92 Å². The fourth-order valence-electron chi connectivity index (χ4n) is 1.33. The van der Waals surface area contributed by atoms with Crippen LogP contribution in [0.4, 0.5) is 0 Å². The maximum Gasteiger partial charge on any atom is 0.194 e. The molecule has 0 fully saturated rings. The molecule has 15 heavy (non-hydrogen) atoms. The summed E-state index contributed by atoms with van der Waals surface area (Å²) in [6, 6.07) is 9.94. The van der Waals surface area contributed by atoms with E-state index in [1.54, 1.807) is 32.0 Å². The lowest BCUT2D eigenvalue weighted by molar-refractivity contribution is 0.563. The second-order valence-corrected chi connectivity index (χ2v) is 5.72. The molecule has 0 amide bonds. The van der Waals surface area contributed by atoms with Gasteiger partial charge in [-0.1, -0.05) is 32.0 Å². The molecule has 0 aliphatic heterocycles. The van der Waals surface area contributed by atoms with Crippen molar-refractivity contribution in [1.29, 1.82) is 5.26 Å². The average Bonchev–Trinajstić information content (AvgIpc) is 2.19. The van der Waals surface area contributed by atoms with Crippen LogP contribution in [0.15, 0.2) is 35.2 Å². The second kappa shape index (κ2) is 4.45. The molecule has 1 rings (SSSR count). The number of hydrogen-bond donors (Lipinski definition) is 0. The normalized spacial score (nSPS) is 13.5. The van der Waals surface area contributed by atoms with Crippen molar-refractivity contribution in [2.45, 2.75) is 24.0 Å². The van der Waals surface area contributed by atoms with E-state index in [0.29, 0.717) is 0 Å². The van der Waals surface area contributed by atoms with Gasteiger partial charge in [-0.2, -0.15) is 5.26 Å². The summed E-state index contributed by atoms with van der Waals surface area (Å²) in [6.07, 6.45) is 0. The van der Waals surface area contributed by atoms with E-state index < -0.39 is 15.1 Å². The van der Waals surface area contributed by atoms with E-state index in [9.17, 15) is 8.42 Å². The first kappa shape index (κ1) is 11.7. The topological polar surface area (TPSA) is 57.9 Å². The Kier molecular flexibility index (Phi) is 3.48. The van der Waals surface area contributed by atoms with Crippen LogP contribution in [0, 0.1) is 17.2 Å². The fourth-order valence-corrected chi connectivity index (χ4v) is 3.02. The molecule has 0 aliphatic rings. The van der Waals surface area contributed by atoms with Gasteiger partial charge in [-0.25, -0.2) is 8.42 Å². The minimum absolute atomic E-state index is 0.208. The monoisotopic (exact) mass is 223 g/mol. The molecule has 0 saturated carbocycles. The SMILES string of the molecule is CC(C)C(C#N)S(=O)(=O)c1ccccc1. The van der Waals surface area contributed by atoms with Crippen LogP contribution >= 0.6 is 0 Å². The molecule has 80 valence electrons. The zero-order valence-corrected chi connectivity index (χ0v) is 9.53. The van der Waals surface area contributed by atoms with Gasteiger partial charge in [0.25, 0.3) is 0 Å². The molecule has 0 aromatic heterocycles. The van der Waals surface area contributed by atoms with Gasteiger partial charge in [-0.3, -0.25) is 0 Å². The van der Waals surface area contributed by atoms with Crippen molar-refractivity contribution < 1.29 is 8.42 Å². The number of sulfone groups is 1. The standard InChI is InChI=1S/C11H13NO2S/c1-9(2)11(8-12)15(13,14)10-6-4-3-5-7-10/h3-7,9,11H,1-2H3.